The molecule has 0 aromatic heterocycles. The molecule has 1 N–H and O–H groups in total. The molecule has 2 aliphatic carbocycles. The molecule has 3 aromatic rings. The van der Waals surface area contributed by atoms with Crippen molar-refractivity contribution in [3.05, 3.63) is 68.8 Å². The second-order valence-electron chi connectivity index (χ2n) is 25.3. The molecule has 0 bridgehead atoms. The van der Waals surface area contributed by atoms with Crippen molar-refractivity contribution in [2.24, 2.45) is 0 Å². The predicted octanol–water partition coefficient (Wildman–Crippen LogP) is 7.28. The van der Waals surface area contributed by atoms with Gasteiger partial charge in [0.05, 0.1) is 62.7 Å². The number of rotatable bonds is 29. The van der Waals surface area contributed by atoms with Crippen LogP contribution in [0.3, 0.4) is 0 Å². The molecule has 3 aromatic carbocycles. The third-order valence-electron chi connectivity index (χ3n) is 17.0. The van der Waals surface area contributed by atoms with Gasteiger partial charge in [0.2, 0.25) is 0 Å². The van der Waals surface area contributed by atoms with E-state index in [2.05, 4.69) is 27.7 Å². The Morgan fingerprint density at radius 2 is 0.981 bits per heavy atom. The van der Waals surface area contributed by atoms with E-state index in [-0.39, 0.29) is 16.9 Å². The van der Waals surface area contributed by atoms with E-state index in [0.717, 1.165) is 86.6 Å². The van der Waals surface area contributed by atoms with E-state index < -0.39 is 223 Å². The molecule has 31 nitrogen and oxygen atoms in total. The lowest BCUT2D eigenvalue weighted by Crippen LogP contribution is -2.65. The smallest absolute Gasteiger partial charge is 0.308 e. The summed E-state index contributed by atoms with van der Waals surface area (Å²) in [4.78, 5) is 161. The van der Waals surface area contributed by atoms with E-state index in [0.29, 0.717) is 0 Å². The summed E-state index contributed by atoms with van der Waals surface area (Å²) in [5.41, 5.74) is -5.04. The van der Waals surface area contributed by atoms with E-state index in [9.17, 15) is 60.9 Å². The standard InChI is InChI=1S/C55H57NO29S.C16H36N/c1-19-13-33-39(48(80-26(8)62)37(19)53(68)56-18-86(69,70)71)40-34(16-32-41(49(40)81-27(9)63)43(67)31-14-30(72-12)15-35(75-21(3)57)38(31)42(32)66)45(78-24(6)60)46(33)84-55-52(83-29(11)65)50(44(20(2)74-55)77-23(5)59)85-54-51(82-28(10)64)47(79-25(7)61)36(17-73-54)76-22(4)58;1-5-9-13-17(14-10-6-2,15-11-7-3)16-12-8-4/h13-16,20,36,44-47,50-52,54-55H,17-18H2,1-12H3,(H,56,68)(H,69,70,71);5-16H2,1-4H3/q;+1/p-1/t20-,36-,44+,45+,46+,47+,50+,51-,52-,54+,55+;/m1./s1. The molecule has 2 fully saturated rings. The molecular weight excluding hydrogens is 1380 g/mol. The number of carbonyl (C=O) groups is 12. The highest BCUT2D eigenvalue weighted by atomic mass is 32.2. The lowest BCUT2D eigenvalue weighted by molar-refractivity contribution is -0.929. The number of unbranched alkanes of at least 4 members (excludes halogenated alkanes) is 4. The van der Waals surface area contributed by atoms with Crippen LogP contribution in [0.15, 0.2) is 24.3 Å². The molecule has 0 radical (unpaired) electrons. The Hall–Kier alpha value is -8.79. The third-order valence-corrected chi connectivity index (χ3v) is 17.5. The lowest BCUT2D eigenvalue weighted by atomic mass is 9.73. The van der Waals surface area contributed by atoms with Gasteiger partial charge in [-0.1, -0.05) is 59.4 Å². The van der Waals surface area contributed by atoms with E-state index in [1.165, 1.54) is 103 Å². The van der Waals surface area contributed by atoms with E-state index >= 15 is 9.59 Å². The van der Waals surface area contributed by atoms with Crippen LogP contribution >= 0.6 is 0 Å². The second-order valence-corrected chi connectivity index (χ2v) is 26.7. The Balaban J connectivity index is 0.000000864. The van der Waals surface area contributed by atoms with Crippen molar-refractivity contribution in [1.82, 2.24) is 5.32 Å². The van der Waals surface area contributed by atoms with Crippen molar-refractivity contribution in [3.63, 3.8) is 0 Å². The summed E-state index contributed by atoms with van der Waals surface area (Å²) >= 11 is 0. The maximum absolute atomic E-state index is 15.2. The summed E-state index contributed by atoms with van der Waals surface area (Å²) in [5.74, 6) is -16.6. The number of fused-ring (bicyclic) bond motifs is 5. The Bertz CT molecular complexity index is 3810. The molecule has 2 aliphatic heterocycles. The molecule has 0 saturated carbocycles. The lowest BCUT2D eigenvalue weighted by Gasteiger charge is -2.48. The van der Waals surface area contributed by atoms with Gasteiger partial charge in [-0.25, -0.2) is 8.42 Å². The summed E-state index contributed by atoms with van der Waals surface area (Å²) < 4.78 is 119. The quantitative estimate of drug-likeness (QED) is 0.0183. The molecular formula is C71H92N2O29S. The van der Waals surface area contributed by atoms with Crippen molar-refractivity contribution in [1.29, 1.82) is 0 Å². The zero-order valence-electron chi connectivity index (χ0n) is 60.8. The largest absolute Gasteiger partial charge is 0.747 e. The topological polar surface area (TPSA) is 403 Å². The number of benzene rings is 3. The normalized spacial score (nSPS) is 21.7. The number of quaternary nitrogens is 1. The fraction of sp³-hybridized carbons (Fsp3) is 0.577. The SMILES string of the molecule is CCCC[N+](CCCC)(CCCC)CCCC.COc1cc(OC(C)=O)c2c(c1)C(=O)c1c(cc3c(c1OC(C)=O)-c1c(cc(C)c(C(=O)NCS(=O)(=O)[O-])c1OC(C)=O)[C@H](O[C@@H]1O[C@H](C)[C@H](OC(C)=O)[C@H](O[C@@H]4OC[C@@H](OC(C)=O)[C@H](OC(C)=O)[C@H]4OC(C)=O)[C@H]1OC(C)=O)[C@H]3OC(C)=O)C2=O. The van der Waals surface area contributed by atoms with E-state index in [4.69, 9.17) is 66.3 Å². The molecule has 1 amide bonds. The number of amides is 1. The van der Waals surface area contributed by atoms with Gasteiger partial charge < -0.3 is 80.7 Å². The summed E-state index contributed by atoms with van der Waals surface area (Å²) in [6, 6.07) is 4.39. The number of hydrogen-bond acceptors (Lipinski definition) is 29. The molecule has 2 saturated heterocycles. The fourth-order valence-electron chi connectivity index (χ4n) is 13.0. The molecule has 566 valence electrons. The molecule has 11 atom stereocenters. The number of ketones is 2. The number of ether oxygens (including phenoxy) is 14. The van der Waals surface area contributed by atoms with Crippen molar-refractivity contribution in [2.75, 3.05) is 45.8 Å². The van der Waals surface area contributed by atoms with Crippen LogP contribution in [0.2, 0.25) is 0 Å². The highest BCUT2D eigenvalue weighted by Gasteiger charge is 2.57. The van der Waals surface area contributed by atoms with Crippen molar-refractivity contribution in [2.45, 2.75) is 223 Å². The van der Waals surface area contributed by atoms with Crippen LogP contribution in [0.1, 0.15) is 219 Å². The number of methoxy groups -OCH3 is 1. The molecule has 103 heavy (non-hydrogen) atoms. The highest BCUT2D eigenvalue weighted by molar-refractivity contribution is 7.85. The number of esters is 9. The Morgan fingerprint density at radius 3 is 1.47 bits per heavy atom. The zero-order valence-corrected chi connectivity index (χ0v) is 61.6. The number of aryl methyl sites for hydroxylation is 1. The van der Waals surface area contributed by atoms with Gasteiger partial charge in [-0.15, -0.1) is 0 Å². The second kappa shape index (κ2) is 36.6. The van der Waals surface area contributed by atoms with Crippen molar-refractivity contribution < 1.29 is 141 Å². The molecule has 4 aliphatic rings. The van der Waals surface area contributed by atoms with Gasteiger partial charge in [-0.05, 0) is 62.8 Å². The number of hydrogen-bond donors (Lipinski definition) is 1. The zero-order chi connectivity index (χ0) is 76.7. The van der Waals surface area contributed by atoms with Gasteiger partial charge in [0.1, 0.15) is 39.7 Å². The number of carbonyl (C=O) groups excluding carboxylic acids is 12. The van der Waals surface area contributed by atoms with E-state index in [1.54, 1.807) is 0 Å². The van der Waals surface area contributed by atoms with Gasteiger partial charge in [-0.2, -0.15) is 0 Å². The van der Waals surface area contributed by atoms with Crippen molar-refractivity contribution in [3.8, 4) is 34.1 Å². The minimum absolute atomic E-state index is 0.104. The summed E-state index contributed by atoms with van der Waals surface area (Å²) in [6.45, 7) is 25.6. The van der Waals surface area contributed by atoms with Crippen LogP contribution in [0, 0.1) is 6.92 Å². The maximum Gasteiger partial charge on any atom is 0.308 e. The Morgan fingerprint density at radius 1 is 0.524 bits per heavy atom. The van der Waals surface area contributed by atoms with Crippen LogP contribution in [-0.2, 0) is 101 Å². The molecule has 7 rings (SSSR count). The molecule has 0 spiro atoms. The monoisotopic (exact) mass is 1470 g/mol. The highest BCUT2D eigenvalue weighted by Crippen LogP contribution is 2.59. The predicted molar refractivity (Wildman–Crippen MR) is 357 cm³/mol. The average Bonchev–Trinajstić information content (AvgIpc) is 0.698. The molecule has 0 unspecified atom stereocenters. The first-order valence-electron chi connectivity index (χ1n) is 33.9. The van der Waals surface area contributed by atoms with Crippen LogP contribution in [0.25, 0.3) is 11.1 Å². The molecule has 32 heteroatoms. The van der Waals surface area contributed by atoms with Gasteiger partial charge in [0, 0.05) is 96.2 Å². The third kappa shape index (κ3) is 21.0. The van der Waals surface area contributed by atoms with Gasteiger partial charge >= 0.3 is 53.7 Å². The van der Waals surface area contributed by atoms with E-state index in [1.807, 2.05) is 5.32 Å². The van der Waals surface area contributed by atoms with Crippen molar-refractivity contribution >= 4 is 81.3 Å². The molecule has 2 heterocycles. The van der Waals surface area contributed by atoms with Crippen LogP contribution in [0.5, 0.6) is 23.0 Å². The fourth-order valence-corrected chi connectivity index (χ4v) is 13.3. The van der Waals surface area contributed by atoms with Crippen LogP contribution in [-0.4, -0.2) is 190 Å². The maximum atomic E-state index is 15.2. The average molecular weight is 1470 g/mol. The first-order chi connectivity index (χ1) is 48.4. The summed E-state index contributed by atoms with van der Waals surface area (Å²) in [5, 5.41) is 1.94. The first-order valence-corrected chi connectivity index (χ1v) is 35.5. The van der Waals surface area contributed by atoms with Gasteiger partial charge in [-0.3, -0.25) is 57.5 Å². The number of nitrogens with zero attached hydrogens (tertiary/aromatic N) is 1. The van der Waals surface area contributed by atoms with Crippen LogP contribution < -0.4 is 24.3 Å². The van der Waals surface area contributed by atoms with Gasteiger partial charge in [0.25, 0.3) is 5.91 Å². The number of nitrogens with one attached hydrogen (secondary N) is 1. The summed E-state index contributed by atoms with van der Waals surface area (Å²) in [7, 11) is -4.01. The Kier molecular flexibility index (Phi) is 29.5. The Labute approximate surface area is 597 Å². The first kappa shape index (κ1) is 83.2. The van der Waals surface area contributed by atoms with Gasteiger partial charge in [0.15, 0.2) is 72.3 Å². The minimum Gasteiger partial charge on any atom is -0.747 e. The van der Waals surface area contributed by atoms with Crippen LogP contribution in [0.4, 0.5) is 0 Å². The summed E-state index contributed by atoms with van der Waals surface area (Å²) in [6.07, 6.45) is -8.85. The minimum atomic E-state index is -5.21.